The van der Waals surface area contributed by atoms with Gasteiger partial charge < -0.3 is 18.5 Å². The maximum atomic E-state index is 12.3. The van der Waals surface area contributed by atoms with Crippen LogP contribution in [-0.2, 0) is 6.54 Å². The number of hydrogen-bond acceptors (Lipinski definition) is 7. The first-order valence-corrected chi connectivity index (χ1v) is 8.73. The highest BCUT2D eigenvalue weighted by molar-refractivity contribution is 5.93. The van der Waals surface area contributed by atoms with Crippen LogP contribution in [0.15, 0.2) is 51.7 Å². The molecule has 8 nitrogen and oxygen atoms in total. The summed E-state index contributed by atoms with van der Waals surface area (Å²) in [6, 6.07) is 9.17. The molecule has 140 valence electrons. The van der Waals surface area contributed by atoms with Gasteiger partial charge in [-0.1, -0.05) is 0 Å². The zero-order valence-electron chi connectivity index (χ0n) is 15.0. The Bertz CT molecular complexity index is 881. The van der Waals surface area contributed by atoms with E-state index in [0.717, 1.165) is 24.4 Å². The van der Waals surface area contributed by atoms with Gasteiger partial charge in [0, 0.05) is 31.7 Å². The average Bonchev–Trinajstić information content (AvgIpc) is 3.40. The van der Waals surface area contributed by atoms with E-state index in [1.165, 1.54) is 12.5 Å². The van der Waals surface area contributed by atoms with Gasteiger partial charge in [-0.15, -0.1) is 10.2 Å². The Kier molecular flexibility index (Phi) is 4.88. The molecular weight excluding hydrogens is 348 g/mol. The van der Waals surface area contributed by atoms with Crippen LogP contribution >= 0.6 is 0 Å². The van der Waals surface area contributed by atoms with Crippen molar-refractivity contribution in [3.8, 4) is 17.2 Å². The summed E-state index contributed by atoms with van der Waals surface area (Å²) in [6.07, 6.45) is 2.99. The number of carbonyl (C=O) groups is 1. The van der Waals surface area contributed by atoms with Crippen LogP contribution in [0.5, 0.6) is 5.75 Å². The molecule has 0 N–H and O–H groups in total. The van der Waals surface area contributed by atoms with Gasteiger partial charge in [0.1, 0.15) is 12.0 Å². The molecule has 0 saturated carbocycles. The predicted octanol–water partition coefficient (Wildman–Crippen LogP) is 2.30. The molecule has 2 aromatic heterocycles. The van der Waals surface area contributed by atoms with E-state index in [2.05, 4.69) is 15.1 Å². The van der Waals surface area contributed by atoms with Crippen molar-refractivity contribution in [2.45, 2.75) is 6.54 Å². The number of carbonyl (C=O) groups excluding carboxylic acids is 1. The highest BCUT2D eigenvalue weighted by Gasteiger charge is 2.24. The molecule has 0 aliphatic carbocycles. The van der Waals surface area contributed by atoms with Crippen LogP contribution in [0.1, 0.15) is 16.2 Å². The number of ether oxygens (including phenoxy) is 1. The van der Waals surface area contributed by atoms with E-state index in [1.807, 2.05) is 29.2 Å². The predicted molar refractivity (Wildman–Crippen MR) is 96.2 cm³/mol. The van der Waals surface area contributed by atoms with E-state index < -0.39 is 0 Å². The molecule has 8 heteroatoms. The first-order chi connectivity index (χ1) is 13.2. The second kappa shape index (κ2) is 7.63. The monoisotopic (exact) mass is 368 g/mol. The minimum absolute atomic E-state index is 0.00276. The van der Waals surface area contributed by atoms with Crippen LogP contribution in [0.25, 0.3) is 11.5 Å². The van der Waals surface area contributed by atoms with E-state index >= 15 is 0 Å². The largest absolute Gasteiger partial charge is 0.497 e. The number of methoxy groups -OCH3 is 1. The van der Waals surface area contributed by atoms with Crippen molar-refractivity contribution < 1.29 is 18.4 Å². The molecule has 1 fully saturated rings. The van der Waals surface area contributed by atoms with Gasteiger partial charge in [-0.3, -0.25) is 9.69 Å². The number of aromatic nitrogens is 2. The summed E-state index contributed by atoms with van der Waals surface area (Å²) in [5, 5.41) is 8.27. The van der Waals surface area contributed by atoms with Crippen molar-refractivity contribution in [1.82, 2.24) is 20.0 Å². The van der Waals surface area contributed by atoms with Crippen molar-refractivity contribution >= 4 is 5.91 Å². The molecule has 1 saturated heterocycles. The molecule has 1 amide bonds. The normalized spacial score (nSPS) is 15.1. The Morgan fingerprint density at radius 2 is 1.89 bits per heavy atom. The molecule has 4 rings (SSSR count). The Hall–Kier alpha value is -3.13. The third-order valence-electron chi connectivity index (χ3n) is 4.59. The number of benzene rings is 1. The fourth-order valence-corrected chi connectivity index (χ4v) is 3.04. The van der Waals surface area contributed by atoms with Gasteiger partial charge in [0.2, 0.25) is 11.8 Å². The van der Waals surface area contributed by atoms with Crippen LogP contribution in [0, 0.1) is 0 Å². The summed E-state index contributed by atoms with van der Waals surface area (Å²) < 4.78 is 15.9. The van der Waals surface area contributed by atoms with Crippen LogP contribution in [0.2, 0.25) is 0 Å². The minimum atomic E-state index is 0.00276. The fourth-order valence-electron chi connectivity index (χ4n) is 3.04. The third kappa shape index (κ3) is 3.85. The summed E-state index contributed by atoms with van der Waals surface area (Å²) in [6.45, 7) is 3.39. The van der Waals surface area contributed by atoms with Crippen LogP contribution < -0.4 is 4.74 Å². The van der Waals surface area contributed by atoms with Crippen molar-refractivity contribution in [2.24, 2.45) is 0 Å². The Balaban J connectivity index is 1.33. The first kappa shape index (κ1) is 17.3. The summed E-state index contributed by atoms with van der Waals surface area (Å²) >= 11 is 0. The van der Waals surface area contributed by atoms with Crippen LogP contribution in [0.4, 0.5) is 0 Å². The number of nitrogens with zero attached hydrogens (tertiary/aromatic N) is 4. The van der Waals surface area contributed by atoms with E-state index in [-0.39, 0.29) is 5.91 Å². The van der Waals surface area contributed by atoms with Crippen molar-refractivity contribution in [3.63, 3.8) is 0 Å². The summed E-state index contributed by atoms with van der Waals surface area (Å²) in [4.78, 5) is 16.4. The maximum Gasteiger partial charge on any atom is 0.257 e. The zero-order chi connectivity index (χ0) is 18.6. The molecule has 1 aliphatic rings. The molecule has 0 spiro atoms. The van der Waals surface area contributed by atoms with E-state index in [9.17, 15) is 4.79 Å². The molecule has 0 unspecified atom stereocenters. The van der Waals surface area contributed by atoms with Gasteiger partial charge in [-0.25, -0.2) is 0 Å². The van der Waals surface area contributed by atoms with Crippen LogP contribution in [0.3, 0.4) is 0 Å². The molecular formula is C19H20N4O4. The molecule has 0 atom stereocenters. The number of amides is 1. The second-order valence-corrected chi connectivity index (χ2v) is 6.31. The Labute approximate surface area is 156 Å². The summed E-state index contributed by atoms with van der Waals surface area (Å²) in [7, 11) is 1.63. The van der Waals surface area contributed by atoms with Gasteiger partial charge in [0.05, 0.1) is 25.5 Å². The lowest BCUT2D eigenvalue weighted by Gasteiger charge is -2.33. The molecule has 3 aromatic rings. The highest BCUT2D eigenvalue weighted by Crippen LogP contribution is 2.21. The lowest BCUT2D eigenvalue weighted by atomic mass is 10.2. The lowest BCUT2D eigenvalue weighted by Crippen LogP contribution is -2.48. The molecule has 3 heterocycles. The minimum Gasteiger partial charge on any atom is -0.497 e. The summed E-state index contributed by atoms with van der Waals surface area (Å²) in [5.41, 5.74) is 1.44. The third-order valence-corrected chi connectivity index (χ3v) is 4.59. The highest BCUT2D eigenvalue weighted by atomic mass is 16.5. The molecule has 27 heavy (non-hydrogen) atoms. The van der Waals surface area contributed by atoms with Gasteiger partial charge in [-0.05, 0) is 30.3 Å². The number of furan rings is 1. The van der Waals surface area contributed by atoms with E-state index in [0.29, 0.717) is 37.0 Å². The average molecular weight is 368 g/mol. The number of hydrogen-bond donors (Lipinski definition) is 0. The van der Waals surface area contributed by atoms with Gasteiger partial charge in [0.25, 0.3) is 5.91 Å². The van der Waals surface area contributed by atoms with E-state index in [1.54, 1.807) is 13.2 Å². The zero-order valence-corrected chi connectivity index (χ0v) is 15.0. The molecule has 0 radical (unpaired) electrons. The van der Waals surface area contributed by atoms with E-state index in [4.69, 9.17) is 13.6 Å². The van der Waals surface area contributed by atoms with Crippen molar-refractivity contribution in [3.05, 3.63) is 54.3 Å². The SMILES string of the molecule is COc1ccc(-c2nnc(CN3CCN(C(=O)c4ccoc4)CC3)o2)cc1. The topological polar surface area (TPSA) is 84.8 Å². The van der Waals surface area contributed by atoms with Gasteiger partial charge >= 0.3 is 0 Å². The standard InChI is InChI=1S/C19H20N4O4/c1-25-16-4-2-14(3-5-16)18-21-20-17(27-18)12-22-7-9-23(10-8-22)19(24)15-6-11-26-13-15/h2-6,11,13H,7-10,12H2,1H3. The quantitative estimate of drug-likeness (QED) is 0.683. The van der Waals surface area contributed by atoms with Gasteiger partial charge in [0.15, 0.2) is 0 Å². The number of piperazine rings is 1. The summed E-state index contributed by atoms with van der Waals surface area (Å²) in [5.74, 6) is 1.83. The molecule has 1 aromatic carbocycles. The first-order valence-electron chi connectivity index (χ1n) is 8.73. The smallest absolute Gasteiger partial charge is 0.257 e. The second-order valence-electron chi connectivity index (χ2n) is 6.31. The van der Waals surface area contributed by atoms with Crippen molar-refractivity contribution in [1.29, 1.82) is 0 Å². The number of rotatable bonds is 5. The maximum absolute atomic E-state index is 12.3. The molecule has 0 bridgehead atoms. The fraction of sp³-hybridized carbons (Fsp3) is 0.316. The Morgan fingerprint density at radius 3 is 2.56 bits per heavy atom. The molecule has 1 aliphatic heterocycles. The Morgan fingerprint density at radius 1 is 1.11 bits per heavy atom. The van der Waals surface area contributed by atoms with Gasteiger partial charge in [-0.2, -0.15) is 0 Å². The lowest BCUT2D eigenvalue weighted by molar-refractivity contribution is 0.0617. The van der Waals surface area contributed by atoms with Crippen molar-refractivity contribution in [2.75, 3.05) is 33.3 Å². The van der Waals surface area contributed by atoms with Crippen LogP contribution in [-0.4, -0.2) is 59.2 Å².